The Morgan fingerprint density at radius 1 is 1.50 bits per heavy atom. The van der Waals surface area contributed by atoms with Gasteiger partial charge < -0.3 is 0 Å². The Hall–Kier alpha value is -0.420. The molecule has 0 radical (unpaired) electrons. The van der Waals surface area contributed by atoms with Crippen molar-refractivity contribution in [2.75, 3.05) is 0 Å². The molecular formula is C7H14O4S. The van der Waals surface area contributed by atoms with E-state index in [1.165, 1.54) is 6.92 Å². The van der Waals surface area contributed by atoms with Crippen molar-refractivity contribution in [2.24, 2.45) is 0 Å². The molecule has 0 aromatic rings. The quantitative estimate of drug-likeness (QED) is 0.663. The number of ketones is 1. The van der Waals surface area contributed by atoms with Crippen LogP contribution in [0, 0.1) is 0 Å². The number of rotatable bonds is 5. The number of carbonyl (C=O) groups excluding carboxylic acids is 1. The molecule has 0 aliphatic rings. The highest BCUT2D eigenvalue weighted by atomic mass is 32.2. The largest absolute Gasteiger partial charge is 0.298 e. The van der Waals surface area contributed by atoms with Crippen molar-refractivity contribution >= 4 is 15.9 Å². The van der Waals surface area contributed by atoms with Crippen LogP contribution in [0.25, 0.3) is 0 Å². The van der Waals surface area contributed by atoms with E-state index < -0.39 is 21.2 Å². The molecule has 0 aliphatic carbocycles. The summed E-state index contributed by atoms with van der Waals surface area (Å²) in [6.45, 7) is 3.06. The maximum Gasteiger partial charge on any atom is 0.274 e. The van der Waals surface area contributed by atoms with E-state index >= 15 is 0 Å². The highest BCUT2D eigenvalue weighted by Crippen LogP contribution is 2.09. The fraction of sp³-hybridized carbons (Fsp3) is 0.857. The van der Waals surface area contributed by atoms with E-state index in [1.54, 1.807) is 0 Å². The van der Waals surface area contributed by atoms with Crippen LogP contribution < -0.4 is 0 Å². The minimum atomic E-state index is -4.19. The number of Topliss-reactive ketones (excluding diaryl/α,β-unsaturated/α-hetero) is 1. The zero-order valence-electron chi connectivity index (χ0n) is 7.28. The van der Waals surface area contributed by atoms with Crippen LogP contribution in [0.15, 0.2) is 0 Å². The van der Waals surface area contributed by atoms with Crippen molar-refractivity contribution in [3.8, 4) is 0 Å². The van der Waals surface area contributed by atoms with E-state index in [0.717, 1.165) is 6.42 Å². The standard InChI is InChI=1S/C7H14O4S/c1-3-4-5-7(6(2)8)12(9,10)11/h7H,3-5H2,1-2H3,(H,9,10,11). The zero-order valence-corrected chi connectivity index (χ0v) is 8.10. The highest BCUT2D eigenvalue weighted by molar-refractivity contribution is 7.87. The average Bonchev–Trinajstić information content (AvgIpc) is 1.84. The second-order valence-electron chi connectivity index (χ2n) is 2.76. The van der Waals surface area contributed by atoms with E-state index in [9.17, 15) is 13.2 Å². The Bertz CT molecular complexity index is 242. The Kier molecular flexibility index (Phi) is 4.41. The number of carbonyl (C=O) groups is 1. The first kappa shape index (κ1) is 11.6. The molecule has 0 rings (SSSR count). The van der Waals surface area contributed by atoms with Gasteiger partial charge in [0.1, 0.15) is 11.0 Å². The molecule has 0 amide bonds. The van der Waals surface area contributed by atoms with Gasteiger partial charge in [-0.05, 0) is 13.3 Å². The van der Waals surface area contributed by atoms with Crippen LogP contribution in [0.4, 0.5) is 0 Å². The van der Waals surface area contributed by atoms with Gasteiger partial charge in [0.15, 0.2) is 0 Å². The molecule has 12 heavy (non-hydrogen) atoms. The minimum absolute atomic E-state index is 0.213. The van der Waals surface area contributed by atoms with Gasteiger partial charge in [0.2, 0.25) is 0 Å². The molecule has 0 spiro atoms. The summed E-state index contributed by atoms with van der Waals surface area (Å²) in [7, 11) is -4.19. The van der Waals surface area contributed by atoms with Crippen molar-refractivity contribution in [1.29, 1.82) is 0 Å². The van der Waals surface area contributed by atoms with Gasteiger partial charge >= 0.3 is 0 Å². The summed E-state index contributed by atoms with van der Waals surface area (Å²) < 4.78 is 29.9. The van der Waals surface area contributed by atoms with E-state index in [2.05, 4.69) is 0 Å². The Balaban J connectivity index is 4.36. The van der Waals surface area contributed by atoms with Crippen molar-refractivity contribution in [3.63, 3.8) is 0 Å². The van der Waals surface area contributed by atoms with E-state index in [0.29, 0.717) is 6.42 Å². The normalized spacial score (nSPS) is 14.2. The van der Waals surface area contributed by atoms with Crippen LogP contribution in [0.3, 0.4) is 0 Å². The topological polar surface area (TPSA) is 71.4 Å². The summed E-state index contributed by atoms with van der Waals surface area (Å²) in [5.74, 6) is -0.494. The molecule has 4 nitrogen and oxygen atoms in total. The number of hydrogen-bond donors (Lipinski definition) is 1. The molecule has 0 aliphatic heterocycles. The molecule has 0 fully saturated rings. The molecule has 0 bridgehead atoms. The van der Waals surface area contributed by atoms with Crippen molar-refractivity contribution in [3.05, 3.63) is 0 Å². The summed E-state index contributed by atoms with van der Waals surface area (Å²) in [6, 6.07) is 0. The summed E-state index contributed by atoms with van der Waals surface area (Å²) >= 11 is 0. The van der Waals surface area contributed by atoms with Gasteiger partial charge in [-0.25, -0.2) is 0 Å². The molecule has 1 N–H and O–H groups in total. The second kappa shape index (κ2) is 4.57. The van der Waals surface area contributed by atoms with Crippen LogP contribution in [-0.4, -0.2) is 24.0 Å². The van der Waals surface area contributed by atoms with Gasteiger partial charge in [-0.1, -0.05) is 19.8 Å². The number of unbranched alkanes of at least 4 members (excludes halogenated alkanes) is 1. The molecule has 1 unspecified atom stereocenters. The van der Waals surface area contributed by atoms with Crippen molar-refractivity contribution in [1.82, 2.24) is 0 Å². The van der Waals surface area contributed by atoms with Crippen LogP contribution in [-0.2, 0) is 14.9 Å². The monoisotopic (exact) mass is 194 g/mol. The lowest BCUT2D eigenvalue weighted by Gasteiger charge is -2.08. The van der Waals surface area contributed by atoms with E-state index in [1.807, 2.05) is 6.92 Å². The lowest BCUT2D eigenvalue weighted by atomic mass is 10.1. The third-order valence-electron chi connectivity index (χ3n) is 1.63. The third-order valence-corrected chi connectivity index (χ3v) is 2.92. The summed E-state index contributed by atoms with van der Waals surface area (Å²) in [4.78, 5) is 10.8. The highest BCUT2D eigenvalue weighted by Gasteiger charge is 2.26. The summed E-state index contributed by atoms with van der Waals surface area (Å²) in [5.41, 5.74) is 0. The lowest BCUT2D eigenvalue weighted by Crippen LogP contribution is -2.27. The van der Waals surface area contributed by atoms with Crippen molar-refractivity contribution in [2.45, 2.75) is 38.4 Å². The maximum absolute atomic E-state index is 10.8. The van der Waals surface area contributed by atoms with E-state index in [4.69, 9.17) is 4.55 Å². The Morgan fingerprint density at radius 3 is 2.25 bits per heavy atom. The van der Waals surface area contributed by atoms with Crippen LogP contribution in [0.1, 0.15) is 33.1 Å². The maximum atomic E-state index is 10.8. The molecule has 72 valence electrons. The van der Waals surface area contributed by atoms with Gasteiger partial charge in [-0.15, -0.1) is 0 Å². The predicted octanol–water partition coefficient (Wildman–Crippen LogP) is 1.02. The summed E-state index contributed by atoms with van der Waals surface area (Å²) in [6.07, 6.45) is 1.65. The second-order valence-corrected chi connectivity index (χ2v) is 4.36. The molecule has 0 aromatic carbocycles. The molecular weight excluding hydrogens is 180 g/mol. The molecule has 0 saturated carbocycles. The molecule has 5 heteroatoms. The SMILES string of the molecule is CCCCC(C(C)=O)S(=O)(=O)O. The minimum Gasteiger partial charge on any atom is -0.298 e. The van der Waals surface area contributed by atoms with Gasteiger partial charge in [0, 0.05) is 0 Å². The summed E-state index contributed by atoms with van der Waals surface area (Å²) in [5, 5.41) is -1.22. The van der Waals surface area contributed by atoms with Gasteiger partial charge in [0.25, 0.3) is 10.1 Å². The van der Waals surface area contributed by atoms with E-state index in [-0.39, 0.29) is 6.42 Å². The zero-order chi connectivity index (χ0) is 9.78. The van der Waals surface area contributed by atoms with Crippen LogP contribution in [0.5, 0.6) is 0 Å². The smallest absolute Gasteiger partial charge is 0.274 e. The average molecular weight is 194 g/mol. The Labute approximate surface area is 72.7 Å². The molecule has 1 atom stereocenters. The molecule has 0 aromatic heterocycles. The number of hydrogen-bond acceptors (Lipinski definition) is 3. The van der Waals surface area contributed by atoms with Crippen LogP contribution >= 0.6 is 0 Å². The first-order valence-electron chi connectivity index (χ1n) is 3.86. The Morgan fingerprint density at radius 2 is 2.00 bits per heavy atom. The molecule has 0 heterocycles. The predicted molar refractivity (Wildman–Crippen MR) is 45.5 cm³/mol. The lowest BCUT2D eigenvalue weighted by molar-refractivity contribution is -0.116. The fourth-order valence-corrected chi connectivity index (χ4v) is 1.84. The van der Waals surface area contributed by atoms with Gasteiger partial charge in [0.05, 0.1) is 0 Å². The van der Waals surface area contributed by atoms with Crippen molar-refractivity contribution < 1.29 is 17.8 Å². The van der Waals surface area contributed by atoms with Gasteiger partial charge in [-0.2, -0.15) is 8.42 Å². The fourth-order valence-electron chi connectivity index (χ4n) is 0.951. The molecule has 0 saturated heterocycles. The first-order chi connectivity index (χ1) is 5.39. The third kappa shape index (κ3) is 3.82. The van der Waals surface area contributed by atoms with Crippen LogP contribution in [0.2, 0.25) is 0 Å². The first-order valence-corrected chi connectivity index (χ1v) is 5.36. The van der Waals surface area contributed by atoms with Gasteiger partial charge in [-0.3, -0.25) is 9.35 Å².